The van der Waals surface area contributed by atoms with Gasteiger partial charge in [-0.1, -0.05) is 11.6 Å². The molecule has 74 valence electrons. The SMILES string of the molecule is FCCn1cnc2c(Cl)nc(Cl)nc21. The summed E-state index contributed by atoms with van der Waals surface area (Å²) in [6.07, 6.45) is 1.46. The molecule has 0 atom stereocenters. The van der Waals surface area contributed by atoms with E-state index in [1.165, 1.54) is 10.9 Å². The van der Waals surface area contributed by atoms with Gasteiger partial charge in [0.1, 0.15) is 12.2 Å². The van der Waals surface area contributed by atoms with Crippen molar-refractivity contribution < 1.29 is 4.39 Å². The lowest BCUT2D eigenvalue weighted by Gasteiger charge is -1.99. The van der Waals surface area contributed by atoms with Crippen LogP contribution in [0, 0.1) is 0 Å². The molecule has 0 aromatic carbocycles. The summed E-state index contributed by atoms with van der Waals surface area (Å²) < 4.78 is 13.7. The van der Waals surface area contributed by atoms with Crippen LogP contribution >= 0.6 is 23.2 Å². The Balaban J connectivity index is 2.66. The first-order valence-electron chi connectivity index (χ1n) is 3.82. The molecule has 0 N–H and O–H groups in total. The molecule has 14 heavy (non-hydrogen) atoms. The first kappa shape index (κ1) is 9.61. The lowest BCUT2D eigenvalue weighted by Crippen LogP contribution is -1.99. The number of halogens is 3. The van der Waals surface area contributed by atoms with Crippen molar-refractivity contribution in [3.63, 3.8) is 0 Å². The molecule has 0 bridgehead atoms. The Kier molecular flexibility index (Phi) is 2.52. The van der Waals surface area contributed by atoms with Crippen LogP contribution in [0.2, 0.25) is 10.4 Å². The topological polar surface area (TPSA) is 43.6 Å². The van der Waals surface area contributed by atoms with Gasteiger partial charge in [0.25, 0.3) is 0 Å². The predicted octanol–water partition coefficient (Wildman–Crippen LogP) is 2.10. The first-order chi connectivity index (χ1) is 6.72. The summed E-state index contributed by atoms with van der Waals surface area (Å²) >= 11 is 11.4. The van der Waals surface area contributed by atoms with Gasteiger partial charge in [0.15, 0.2) is 10.8 Å². The zero-order valence-corrected chi connectivity index (χ0v) is 8.43. The largest absolute Gasteiger partial charge is 0.312 e. The Morgan fingerprint density at radius 2 is 2.14 bits per heavy atom. The third-order valence-corrected chi connectivity index (χ3v) is 2.15. The second-order valence-electron chi connectivity index (χ2n) is 2.58. The highest BCUT2D eigenvalue weighted by molar-refractivity contribution is 6.35. The number of alkyl halides is 1. The Bertz CT molecular complexity index is 470. The molecule has 0 fully saturated rings. The molecule has 0 aliphatic heterocycles. The highest BCUT2D eigenvalue weighted by atomic mass is 35.5. The Labute approximate surface area is 88.7 Å². The maximum absolute atomic E-state index is 12.1. The smallest absolute Gasteiger partial charge is 0.225 e. The van der Waals surface area contributed by atoms with Gasteiger partial charge in [-0.15, -0.1) is 0 Å². The number of hydrogen-bond donors (Lipinski definition) is 0. The molecule has 0 saturated carbocycles. The van der Waals surface area contributed by atoms with Crippen molar-refractivity contribution in [3.8, 4) is 0 Å². The fraction of sp³-hybridized carbons (Fsp3) is 0.286. The van der Waals surface area contributed by atoms with Gasteiger partial charge in [-0.25, -0.2) is 14.4 Å². The standard InChI is InChI=1S/C7H5Cl2FN4/c8-5-4-6(13-7(9)12-5)14(2-1-10)3-11-4/h3H,1-2H2. The van der Waals surface area contributed by atoms with E-state index < -0.39 is 6.67 Å². The van der Waals surface area contributed by atoms with E-state index >= 15 is 0 Å². The second-order valence-corrected chi connectivity index (χ2v) is 3.28. The Hall–Kier alpha value is -0.940. The molecule has 0 saturated heterocycles. The van der Waals surface area contributed by atoms with E-state index in [0.717, 1.165) is 0 Å². The molecule has 0 amide bonds. The van der Waals surface area contributed by atoms with Crippen molar-refractivity contribution in [1.29, 1.82) is 0 Å². The number of rotatable bonds is 2. The average molecular weight is 235 g/mol. The number of imidazole rings is 1. The number of hydrogen-bond acceptors (Lipinski definition) is 3. The first-order valence-corrected chi connectivity index (χ1v) is 4.58. The molecule has 0 unspecified atom stereocenters. The third-order valence-electron chi connectivity index (χ3n) is 1.72. The van der Waals surface area contributed by atoms with E-state index in [9.17, 15) is 4.39 Å². The number of aromatic nitrogens is 4. The fourth-order valence-electron chi connectivity index (χ4n) is 1.14. The summed E-state index contributed by atoms with van der Waals surface area (Å²) in [5, 5.41) is 0.209. The van der Waals surface area contributed by atoms with Crippen molar-refractivity contribution in [2.75, 3.05) is 6.67 Å². The third kappa shape index (κ3) is 1.53. The minimum Gasteiger partial charge on any atom is -0.312 e. The van der Waals surface area contributed by atoms with Crippen molar-refractivity contribution in [2.45, 2.75) is 6.54 Å². The molecule has 0 aliphatic carbocycles. The number of nitrogens with zero attached hydrogens (tertiary/aromatic N) is 4. The highest BCUT2D eigenvalue weighted by Crippen LogP contribution is 2.20. The lowest BCUT2D eigenvalue weighted by molar-refractivity contribution is 0.449. The van der Waals surface area contributed by atoms with Crippen LogP contribution in [0.15, 0.2) is 6.33 Å². The van der Waals surface area contributed by atoms with Crippen LogP contribution in [0.4, 0.5) is 4.39 Å². The Morgan fingerprint density at radius 3 is 2.86 bits per heavy atom. The average Bonchev–Trinajstić information content (AvgIpc) is 2.49. The van der Waals surface area contributed by atoms with E-state index in [1.54, 1.807) is 0 Å². The molecule has 0 spiro atoms. The van der Waals surface area contributed by atoms with E-state index in [1.807, 2.05) is 0 Å². The van der Waals surface area contributed by atoms with Crippen LogP contribution in [-0.4, -0.2) is 26.2 Å². The maximum Gasteiger partial charge on any atom is 0.225 e. The predicted molar refractivity (Wildman–Crippen MR) is 51.3 cm³/mol. The van der Waals surface area contributed by atoms with Gasteiger partial charge in [-0.05, 0) is 11.6 Å². The van der Waals surface area contributed by atoms with E-state index in [0.29, 0.717) is 11.2 Å². The maximum atomic E-state index is 12.1. The van der Waals surface area contributed by atoms with Crippen LogP contribution in [0.25, 0.3) is 11.2 Å². The van der Waals surface area contributed by atoms with E-state index in [-0.39, 0.29) is 17.0 Å². The van der Waals surface area contributed by atoms with Crippen LogP contribution in [0.3, 0.4) is 0 Å². The summed E-state index contributed by atoms with van der Waals surface area (Å²) in [6, 6.07) is 0. The molecule has 2 rings (SSSR count). The molecule has 2 aromatic rings. The van der Waals surface area contributed by atoms with Crippen molar-refractivity contribution in [2.24, 2.45) is 0 Å². The van der Waals surface area contributed by atoms with Gasteiger partial charge in [0.2, 0.25) is 5.28 Å². The monoisotopic (exact) mass is 234 g/mol. The lowest BCUT2D eigenvalue weighted by atomic mass is 10.5. The van der Waals surface area contributed by atoms with Crippen molar-refractivity contribution in [3.05, 3.63) is 16.8 Å². The quantitative estimate of drug-likeness (QED) is 0.591. The molecular weight excluding hydrogens is 230 g/mol. The normalized spacial score (nSPS) is 11.1. The zero-order valence-electron chi connectivity index (χ0n) is 6.91. The van der Waals surface area contributed by atoms with Crippen molar-refractivity contribution in [1.82, 2.24) is 19.5 Å². The van der Waals surface area contributed by atoms with Gasteiger partial charge >= 0.3 is 0 Å². The highest BCUT2D eigenvalue weighted by Gasteiger charge is 2.10. The van der Waals surface area contributed by atoms with Gasteiger partial charge in [0, 0.05) is 0 Å². The van der Waals surface area contributed by atoms with Crippen LogP contribution < -0.4 is 0 Å². The summed E-state index contributed by atoms with van der Waals surface area (Å²) in [7, 11) is 0. The number of fused-ring (bicyclic) bond motifs is 1. The van der Waals surface area contributed by atoms with Gasteiger partial charge in [-0.3, -0.25) is 0 Å². The molecule has 7 heteroatoms. The van der Waals surface area contributed by atoms with Crippen LogP contribution in [0.1, 0.15) is 0 Å². The summed E-state index contributed by atoms with van der Waals surface area (Å²) in [6.45, 7) is -0.315. The summed E-state index contributed by atoms with van der Waals surface area (Å²) in [5.74, 6) is 0. The Morgan fingerprint density at radius 1 is 1.36 bits per heavy atom. The van der Waals surface area contributed by atoms with E-state index in [4.69, 9.17) is 23.2 Å². The van der Waals surface area contributed by atoms with Gasteiger partial charge in [-0.2, -0.15) is 4.98 Å². The second kappa shape index (κ2) is 3.67. The van der Waals surface area contributed by atoms with Gasteiger partial charge in [0.05, 0.1) is 12.9 Å². The fourth-order valence-corrected chi connectivity index (χ4v) is 1.56. The molecule has 0 aliphatic rings. The van der Waals surface area contributed by atoms with Crippen LogP contribution in [-0.2, 0) is 6.54 Å². The van der Waals surface area contributed by atoms with E-state index in [2.05, 4.69) is 15.0 Å². The van der Waals surface area contributed by atoms with Crippen LogP contribution in [0.5, 0.6) is 0 Å². The van der Waals surface area contributed by atoms with Gasteiger partial charge < -0.3 is 4.57 Å². The number of aryl methyl sites for hydroxylation is 1. The molecule has 2 aromatic heterocycles. The van der Waals surface area contributed by atoms with Crippen molar-refractivity contribution >= 4 is 34.4 Å². The minimum absolute atomic E-state index is 0.0307. The molecular formula is C7H5Cl2FN4. The summed E-state index contributed by atoms with van der Waals surface area (Å²) in [5.41, 5.74) is 0.886. The molecule has 2 heterocycles. The molecule has 0 radical (unpaired) electrons. The molecule has 4 nitrogen and oxygen atoms in total. The minimum atomic E-state index is -0.495. The zero-order chi connectivity index (χ0) is 10.1. The summed E-state index contributed by atoms with van der Waals surface area (Å²) in [4.78, 5) is 11.6.